The molecule has 1 aromatic carbocycles. The molecule has 0 aliphatic heterocycles. The van der Waals surface area contributed by atoms with Crippen LogP contribution >= 0.6 is 46.1 Å². The molecule has 0 N–H and O–H groups in total. The van der Waals surface area contributed by atoms with Crippen molar-refractivity contribution < 1.29 is 0 Å². The van der Waals surface area contributed by atoms with Crippen LogP contribution in [0.1, 0.15) is 29.3 Å². The van der Waals surface area contributed by atoms with E-state index in [0.717, 1.165) is 5.56 Å². The lowest BCUT2D eigenvalue weighted by Gasteiger charge is -2.18. The molecule has 2 atom stereocenters. The maximum absolute atomic E-state index is 6.47. The second-order valence-electron chi connectivity index (χ2n) is 3.88. The molecule has 0 radical (unpaired) electrons. The molecule has 0 amide bonds. The van der Waals surface area contributed by atoms with E-state index < -0.39 is 0 Å². The summed E-state index contributed by atoms with van der Waals surface area (Å²) in [5.74, 6) is 0.195. The average molecular weight is 306 g/mol. The highest BCUT2D eigenvalue weighted by Gasteiger charge is 2.22. The lowest BCUT2D eigenvalue weighted by atomic mass is 9.94. The minimum absolute atomic E-state index is 0.159. The highest BCUT2D eigenvalue weighted by Crippen LogP contribution is 2.43. The van der Waals surface area contributed by atoms with Gasteiger partial charge in [0.2, 0.25) is 0 Å². The summed E-state index contributed by atoms with van der Waals surface area (Å²) in [5.41, 5.74) is 2.12. The summed E-state index contributed by atoms with van der Waals surface area (Å²) in [5, 5.41) is -0.159. The first-order valence-electron chi connectivity index (χ1n) is 5.23. The summed E-state index contributed by atoms with van der Waals surface area (Å²) in [6, 6.07) is 12.0. The van der Waals surface area contributed by atoms with Crippen molar-refractivity contribution in [3.8, 4) is 0 Å². The number of thiophene rings is 1. The van der Waals surface area contributed by atoms with E-state index in [2.05, 4.69) is 19.1 Å². The quantitative estimate of drug-likeness (QED) is 0.598. The number of benzene rings is 1. The lowest BCUT2D eigenvalue weighted by molar-refractivity contribution is 0.734. The molecule has 2 rings (SSSR count). The number of hydrogen-bond donors (Lipinski definition) is 0. The summed E-state index contributed by atoms with van der Waals surface area (Å²) in [6.07, 6.45) is 0. The molecule has 0 saturated carbocycles. The van der Waals surface area contributed by atoms with Crippen LogP contribution in [-0.4, -0.2) is 0 Å². The van der Waals surface area contributed by atoms with Gasteiger partial charge in [0, 0.05) is 11.5 Å². The van der Waals surface area contributed by atoms with Crippen LogP contribution in [0.25, 0.3) is 0 Å². The minimum Gasteiger partial charge on any atom is -0.117 e. The SMILES string of the molecule is CC(c1ccccc1)C(Cl)c1cc(Cl)sc1Cl. The van der Waals surface area contributed by atoms with Crippen LogP contribution in [0.4, 0.5) is 0 Å². The number of halogens is 3. The zero-order valence-corrected chi connectivity index (χ0v) is 12.2. The monoisotopic (exact) mass is 304 g/mol. The van der Waals surface area contributed by atoms with Gasteiger partial charge in [0.1, 0.15) is 0 Å². The first kappa shape index (κ1) is 13.2. The van der Waals surface area contributed by atoms with E-state index in [1.54, 1.807) is 0 Å². The molecular formula is C13H11Cl3S. The minimum atomic E-state index is -0.159. The van der Waals surface area contributed by atoms with E-state index in [0.29, 0.717) is 8.67 Å². The van der Waals surface area contributed by atoms with Crippen molar-refractivity contribution in [2.75, 3.05) is 0 Å². The third-order valence-corrected chi connectivity index (χ3v) is 4.88. The fourth-order valence-corrected chi connectivity index (χ4v) is 3.72. The number of hydrogen-bond acceptors (Lipinski definition) is 1. The Kier molecular flexibility index (Phi) is 4.37. The third kappa shape index (κ3) is 2.97. The molecule has 2 unspecified atom stereocenters. The largest absolute Gasteiger partial charge is 0.117 e. The first-order chi connectivity index (χ1) is 8.09. The van der Waals surface area contributed by atoms with Gasteiger partial charge >= 0.3 is 0 Å². The number of alkyl halides is 1. The van der Waals surface area contributed by atoms with Gasteiger partial charge in [-0.25, -0.2) is 0 Å². The second-order valence-corrected chi connectivity index (χ2v) is 6.64. The molecule has 17 heavy (non-hydrogen) atoms. The van der Waals surface area contributed by atoms with Crippen LogP contribution in [-0.2, 0) is 0 Å². The van der Waals surface area contributed by atoms with Crippen LogP contribution < -0.4 is 0 Å². The summed E-state index contributed by atoms with van der Waals surface area (Å²) in [6.45, 7) is 2.09. The van der Waals surface area contributed by atoms with E-state index in [9.17, 15) is 0 Å². The molecule has 0 spiro atoms. The molecule has 0 fully saturated rings. The molecule has 0 nitrogen and oxygen atoms in total. The van der Waals surface area contributed by atoms with Crippen molar-refractivity contribution in [1.82, 2.24) is 0 Å². The van der Waals surface area contributed by atoms with Gasteiger partial charge in [-0.2, -0.15) is 0 Å². The summed E-state index contributed by atoms with van der Waals surface area (Å²) >= 11 is 19.9. The summed E-state index contributed by atoms with van der Waals surface area (Å²) in [4.78, 5) is 0. The Morgan fingerprint density at radius 2 is 1.76 bits per heavy atom. The lowest BCUT2D eigenvalue weighted by Crippen LogP contribution is -2.01. The molecule has 0 aliphatic carbocycles. The number of rotatable bonds is 3. The highest BCUT2D eigenvalue weighted by molar-refractivity contribution is 7.20. The summed E-state index contributed by atoms with van der Waals surface area (Å²) in [7, 11) is 0. The standard InChI is InChI=1S/C13H11Cl3S/c1-8(9-5-3-2-4-6-9)12(15)10-7-11(14)17-13(10)16/h2-8,12H,1H3. The Balaban J connectivity index is 2.26. The maximum atomic E-state index is 6.47. The van der Waals surface area contributed by atoms with Gasteiger partial charge in [0.15, 0.2) is 0 Å². The molecule has 2 aromatic rings. The van der Waals surface area contributed by atoms with E-state index in [1.807, 2.05) is 24.3 Å². The molecule has 0 aliphatic rings. The van der Waals surface area contributed by atoms with Crippen LogP contribution in [0, 0.1) is 0 Å². The van der Waals surface area contributed by atoms with Gasteiger partial charge < -0.3 is 0 Å². The molecule has 1 heterocycles. The Bertz CT molecular complexity index is 493. The Hall–Kier alpha value is -0.210. The van der Waals surface area contributed by atoms with Gasteiger partial charge in [0.25, 0.3) is 0 Å². The maximum Gasteiger partial charge on any atom is 0.0991 e. The smallest absolute Gasteiger partial charge is 0.0991 e. The van der Waals surface area contributed by atoms with Crippen molar-refractivity contribution in [2.45, 2.75) is 18.2 Å². The fourth-order valence-electron chi connectivity index (χ4n) is 1.74. The average Bonchev–Trinajstić information content (AvgIpc) is 2.68. The van der Waals surface area contributed by atoms with Gasteiger partial charge in [-0.15, -0.1) is 22.9 Å². The predicted octanol–water partition coefficient (Wildman–Crippen LogP) is 6.14. The summed E-state index contributed by atoms with van der Waals surface area (Å²) < 4.78 is 1.36. The molecule has 4 heteroatoms. The normalized spacial score (nSPS) is 14.6. The van der Waals surface area contributed by atoms with Gasteiger partial charge in [-0.1, -0.05) is 60.5 Å². The molecule has 0 saturated heterocycles. The molecular weight excluding hydrogens is 295 g/mol. The van der Waals surface area contributed by atoms with Gasteiger partial charge in [-0.3, -0.25) is 0 Å². The zero-order valence-electron chi connectivity index (χ0n) is 9.16. The van der Waals surface area contributed by atoms with Crippen molar-refractivity contribution >= 4 is 46.1 Å². The van der Waals surface area contributed by atoms with Crippen LogP contribution in [0.15, 0.2) is 36.4 Å². The van der Waals surface area contributed by atoms with E-state index >= 15 is 0 Å². The van der Waals surface area contributed by atoms with Crippen LogP contribution in [0.5, 0.6) is 0 Å². The Morgan fingerprint density at radius 1 is 1.12 bits per heavy atom. The van der Waals surface area contributed by atoms with Crippen molar-refractivity contribution in [1.29, 1.82) is 0 Å². The van der Waals surface area contributed by atoms with E-state index in [-0.39, 0.29) is 11.3 Å². The fraction of sp³-hybridized carbons (Fsp3) is 0.231. The molecule has 90 valence electrons. The van der Waals surface area contributed by atoms with Crippen molar-refractivity contribution in [2.24, 2.45) is 0 Å². The zero-order chi connectivity index (χ0) is 12.4. The highest BCUT2D eigenvalue weighted by atomic mass is 35.5. The predicted molar refractivity (Wildman–Crippen MR) is 77.8 cm³/mol. The van der Waals surface area contributed by atoms with Crippen LogP contribution in [0.3, 0.4) is 0 Å². The first-order valence-corrected chi connectivity index (χ1v) is 7.24. The van der Waals surface area contributed by atoms with Gasteiger partial charge in [0.05, 0.1) is 14.0 Å². The Morgan fingerprint density at radius 3 is 2.29 bits per heavy atom. The van der Waals surface area contributed by atoms with E-state index in [4.69, 9.17) is 34.8 Å². The van der Waals surface area contributed by atoms with E-state index in [1.165, 1.54) is 16.9 Å². The third-order valence-electron chi connectivity index (χ3n) is 2.74. The second kappa shape index (κ2) is 5.62. The van der Waals surface area contributed by atoms with Crippen molar-refractivity contribution in [3.05, 3.63) is 56.2 Å². The molecule has 1 aromatic heterocycles. The van der Waals surface area contributed by atoms with Crippen LogP contribution in [0.2, 0.25) is 8.67 Å². The van der Waals surface area contributed by atoms with Gasteiger partial charge in [-0.05, 0) is 11.6 Å². The topological polar surface area (TPSA) is 0 Å². The van der Waals surface area contributed by atoms with Crippen molar-refractivity contribution in [3.63, 3.8) is 0 Å². The molecule has 0 bridgehead atoms. The Labute approximate surface area is 120 Å².